The number of alkyl halides is 13. The van der Waals surface area contributed by atoms with E-state index in [1.807, 2.05) is 0 Å². The molecule has 1 heterocycles. The van der Waals surface area contributed by atoms with E-state index < -0.39 is 89.6 Å². The van der Waals surface area contributed by atoms with Crippen molar-refractivity contribution >= 4 is 28.0 Å². The highest BCUT2D eigenvalue weighted by molar-refractivity contribution is 9.09. The Morgan fingerprint density at radius 2 is 0.984 bits per heavy atom. The number of hydrogen-bond donors (Lipinski definition) is 0. The minimum atomic E-state index is -5.06. The molecule has 1 amide bonds. The van der Waals surface area contributed by atoms with Gasteiger partial charge >= 0.3 is 36.8 Å². The Bertz CT molecular complexity index is 2240. The van der Waals surface area contributed by atoms with E-state index in [2.05, 4.69) is 15.9 Å². The summed E-state index contributed by atoms with van der Waals surface area (Å²) in [6.45, 7) is -1.94. The third-order valence-electron chi connectivity index (χ3n) is 9.16. The number of cyclic esters (lactones) is 1. The lowest BCUT2D eigenvalue weighted by atomic mass is 9.89. The van der Waals surface area contributed by atoms with Crippen LogP contribution in [0.4, 0.5) is 57.5 Å². The van der Waals surface area contributed by atoms with Crippen LogP contribution in [0.15, 0.2) is 127 Å². The molecular formula is C44H36BrF12NO6. The molecule has 5 aromatic rings. The second-order valence-electron chi connectivity index (χ2n) is 13.6. The molecule has 5 aromatic carbocycles. The molecule has 2 atom stereocenters. The highest BCUT2D eigenvalue weighted by Crippen LogP contribution is 2.46. The fourth-order valence-corrected chi connectivity index (χ4v) is 6.45. The van der Waals surface area contributed by atoms with E-state index in [9.17, 15) is 62.3 Å². The summed E-state index contributed by atoms with van der Waals surface area (Å²) in [4.78, 5) is 28.7. The van der Waals surface area contributed by atoms with E-state index in [4.69, 9.17) is 18.9 Å². The molecule has 0 radical (unpaired) electrons. The first-order chi connectivity index (χ1) is 29.5. The molecule has 6 rings (SSSR count). The predicted molar refractivity (Wildman–Crippen MR) is 210 cm³/mol. The van der Waals surface area contributed by atoms with E-state index >= 15 is 0 Å². The Morgan fingerprint density at radius 3 is 1.41 bits per heavy atom. The fourth-order valence-electron chi connectivity index (χ4n) is 6.29. The molecule has 1 aliphatic rings. The summed E-state index contributed by atoms with van der Waals surface area (Å²) in [5.41, 5.74) is -7.04. The van der Waals surface area contributed by atoms with Crippen LogP contribution in [0.25, 0.3) is 0 Å². The lowest BCUT2D eigenvalue weighted by Gasteiger charge is -2.35. The second-order valence-corrected chi connectivity index (χ2v) is 14.0. The largest absolute Gasteiger partial charge is 0.444 e. The number of ether oxygens (including phenoxy) is 4. The van der Waals surface area contributed by atoms with Crippen LogP contribution in [-0.2, 0) is 73.8 Å². The van der Waals surface area contributed by atoms with Crippen molar-refractivity contribution in [2.75, 3.05) is 12.1 Å². The molecule has 1 fully saturated rings. The maximum Gasteiger partial charge on any atom is 0.416 e. The van der Waals surface area contributed by atoms with Crippen molar-refractivity contribution < 1.29 is 81.2 Å². The molecular weight excluding hydrogens is 946 g/mol. The van der Waals surface area contributed by atoms with E-state index in [1.54, 1.807) is 78.9 Å². The molecule has 0 aliphatic carbocycles. The van der Waals surface area contributed by atoms with Gasteiger partial charge in [-0.2, -0.15) is 52.7 Å². The monoisotopic (exact) mass is 981 g/mol. The van der Waals surface area contributed by atoms with Gasteiger partial charge in [0.1, 0.15) is 12.1 Å². The highest BCUT2D eigenvalue weighted by Gasteiger charge is 2.60. The SMILES string of the molecule is C.FC(F)(F)c1cc(COCBr)cc(C(F)(F)F)c1.O=C(OCc1ccccc1)N1[C@@H](c2ccccc2)OC(=O)[C@@]1(COCc1cc(C(F)(F)F)cc(C(F)(F)F)c1)c1ccccc1. The summed E-state index contributed by atoms with van der Waals surface area (Å²) in [5.74, 6) is -0.931. The molecule has 0 saturated carbocycles. The number of esters is 1. The van der Waals surface area contributed by atoms with Crippen LogP contribution in [0.2, 0.25) is 0 Å². The van der Waals surface area contributed by atoms with Crippen LogP contribution in [0, 0.1) is 0 Å². The Morgan fingerprint density at radius 1 is 0.578 bits per heavy atom. The van der Waals surface area contributed by atoms with Crippen molar-refractivity contribution in [3.8, 4) is 0 Å². The van der Waals surface area contributed by atoms with Gasteiger partial charge in [-0.15, -0.1) is 0 Å². The third-order valence-corrected chi connectivity index (χ3v) is 9.48. The van der Waals surface area contributed by atoms with Gasteiger partial charge in [0.2, 0.25) is 6.23 Å². The van der Waals surface area contributed by atoms with Gasteiger partial charge in [0.15, 0.2) is 5.54 Å². The molecule has 0 spiro atoms. The summed E-state index contributed by atoms with van der Waals surface area (Å²) < 4.78 is 177. The Kier molecular flexibility index (Phi) is 16.7. The van der Waals surface area contributed by atoms with Gasteiger partial charge in [-0.3, -0.25) is 0 Å². The fraction of sp³-hybridized carbons (Fsp3) is 0.273. The Balaban J connectivity index is 0.000000398. The summed E-state index contributed by atoms with van der Waals surface area (Å²) in [7, 11) is 0. The first-order valence-corrected chi connectivity index (χ1v) is 19.3. The highest BCUT2D eigenvalue weighted by atomic mass is 79.9. The third kappa shape index (κ3) is 12.8. The minimum Gasteiger partial charge on any atom is -0.444 e. The van der Waals surface area contributed by atoms with Crippen LogP contribution in [0.5, 0.6) is 0 Å². The van der Waals surface area contributed by atoms with Crippen LogP contribution < -0.4 is 0 Å². The second kappa shape index (κ2) is 20.9. The lowest BCUT2D eigenvalue weighted by Crippen LogP contribution is -2.52. The summed E-state index contributed by atoms with van der Waals surface area (Å²) in [6.07, 6.45) is -22.0. The zero-order valence-corrected chi connectivity index (χ0v) is 33.6. The van der Waals surface area contributed by atoms with Gasteiger partial charge in [0, 0.05) is 5.56 Å². The molecule has 0 bridgehead atoms. The van der Waals surface area contributed by atoms with Crippen LogP contribution in [-0.4, -0.2) is 29.1 Å². The maximum atomic E-state index is 13.8. The average molecular weight is 983 g/mol. The summed E-state index contributed by atoms with van der Waals surface area (Å²) in [6, 6.07) is 27.4. The number of carbonyl (C=O) groups is 2. The van der Waals surface area contributed by atoms with E-state index in [0.717, 1.165) is 4.90 Å². The average Bonchev–Trinajstić information content (AvgIpc) is 3.54. The predicted octanol–water partition coefficient (Wildman–Crippen LogP) is 13.3. The van der Waals surface area contributed by atoms with Crippen LogP contribution in [0.3, 0.4) is 0 Å². The van der Waals surface area contributed by atoms with Crippen molar-refractivity contribution in [2.24, 2.45) is 0 Å². The molecule has 7 nitrogen and oxygen atoms in total. The van der Waals surface area contributed by atoms with Gasteiger partial charge in [0.05, 0.1) is 42.1 Å². The normalized spacial score (nSPS) is 16.6. The number of carbonyl (C=O) groups excluding carboxylic acids is 2. The van der Waals surface area contributed by atoms with Crippen molar-refractivity contribution in [3.05, 3.63) is 177 Å². The maximum absolute atomic E-state index is 13.8. The van der Waals surface area contributed by atoms with Crippen molar-refractivity contribution in [3.63, 3.8) is 0 Å². The molecule has 344 valence electrons. The van der Waals surface area contributed by atoms with E-state index in [0.29, 0.717) is 35.4 Å². The lowest BCUT2D eigenvalue weighted by molar-refractivity contribution is -0.148. The molecule has 64 heavy (non-hydrogen) atoms. The van der Waals surface area contributed by atoms with E-state index in [-0.39, 0.29) is 49.4 Å². The Labute approximate surface area is 366 Å². The summed E-state index contributed by atoms with van der Waals surface area (Å²) in [5, 5.41) is 0. The van der Waals surface area contributed by atoms with Crippen LogP contribution in [0.1, 0.15) is 63.7 Å². The number of benzene rings is 5. The zero-order chi connectivity index (χ0) is 46.2. The topological polar surface area (TPSA) is 74.3 Å². The first-order valence-electron chi connectivity index (χ1n) is 18.1. The van der Waals surface area contributed by atoms with Crippen molar-refractivity contribution in [1.82, 2.24) is 4.90 Å². The summed E-state index contributed by atoms with van der Waals surface area (Å²) >= 11 is 2.86. The van der Waals surface area contributed by atoms with Crippen molar-refractivity contribution in [1.29, 1.82) is 0 Å². The molecule has 0 unspecified atom stereocenters. The van der Waals surface area contributed by atoms with Gasteiger partial charge in [-0.05, 0) is 58.7 Å². The molecule has 0 aromatic heterocycles. The molecule has 1 saturated heterocycles. The standard InChI is InChI=1S/C33H25F6NO5.C10H7BrF6O.CH4/c34-32(35,36)26-16-23(17-27(18-26)33(37,38)39)19-43-21-31(25-14-8-3-9-15-25)29(41)45-28(24-12-6-2-7-13-24)40(31)30(42)44-20-22-10-4-1-5-11-22;11-5-18-4-6-1-7(9(12,13)14)3-8(2-6)10(15,16)17;/h1-18,28H,19-21H2;1-3H,4-5H2;1H4/t28-,31-;;/m1../s1. The van der Waals surface area contributed by atoms with Crippen LogP contribution >= 0.6 is 15.9 Å². The van der Waals surface area contributed by atoms with E-state index in [1.165, 1.54) is 12.1 Å². The van der Waals surface area contributed by atoms with Crippen molar-refractivity contribution in [2.45, 2.75) is 63.7 Å². The van der Waals surface area contributed by atoms with Gasteiger partial charge in [-0.25, -0.2) is 14.5 Å². The van der Waals surface area contributed by atoms with Gasteiger partial charge < -0.3 is 18.9 Å². The molecule has 20 heteroatoms. The Hall–Kier alpha value is -5.60. The smallest absolute Gasteiger partial charge is 0.416 e. The van der Waals surface area contributed by atoms with Gasteiger partial charge in [-0.1, -0.05) is 114 Å². The van der Waals surface area contributed by atoms with Gasteiger partial charge in [0.25, 0.3) is 0 Å². The number of amides is 1. The quantitative estimate of drug-likeness (QED) is 0.0746. The zero-order valence-electron chi connectivity index (χ0n) is 32.0. The first kappa shape index (κ1) is 51.0. The number of nitrogens with zero attached hydrogens (tertiary/aromatic N) is 1. The molecule has 1 aliphatic heterocycles. The number of halogens is 13. The minimum absolute atomic E-state index is 0. The number of rotatable bonds is 11. The number of hydrogen-bond acceptors (Lipinski definition) is 6. The molecule has 0 N–H and O–H groups in total.